The minimum Gasteiger partial charge on any atom is -0.907 e. The molecule has 0 unspecified atom stereocenters. The molecule has 0 fully saturated rings. The van der Waals surface area contributed by atoms with Crippen molar-refractivity contribution in [1.29, 1.82) is 0 Å². The average Bonchev–Trinajstić information content (AvgIpc) is 1.94. The van der Waals surface area contributed by atoms with E-state index < -0.39 is 36.6 Å². The van der Waals surface area contributed by atoms with Crippen molar-refractivity contribution in [3.8, 4) is 0 Å². The van der Waals surface area contributed by atoms with Crippen LogP contribution >= 0.6 is 0 Å². The Morgan fingerprint density at radius 3 is 0.455 bits per heavy atom. The molecule has 0 heterocycles. The third-order valence-electron chi connectivity index (χ3n) is 0. The molecule has 0 aromatic rings. The summed E-state index contributed by atoms with van der Waals surface area (Å²) in [5, 5.41) is 113. The Kier molecular flexibility index (Phi) is 75.1. The molecule has 0 amide bonds. The molecule has 15 nitrogen and oxygen atoms in total. The smallest absolute Gasteiger partial charge is 0.907 e. The van der Waals surface area contributed by atoms with Crippen LogP contribution in [0, 0.1) is 0 Å². The first kappa shape index (κ1) is 43.5. The fourth-order valence-corrected chi connectivity index (χ4v) is 0. The summed E-state index contributed by atoms with van der Waals surface area (Å²) in [5.41, 5.74) is 0. The van der Waals surface area contributed by atoms with Gasteiger partial charge in [-0.05, 0) is 0 Å². The fourth-order valence-electron chi connectivity index (χ4n) is 0. The summed E-state index contributed by atoms with van der Waals surface area (Å²) >= 11 is 0. The predicted octanol–water partition coefficient (Wildman–Crippen LogP) is -13.2. The molecular formula is H11B5MgO15Zn. The van der Waals surface area contributed by atoms with Crippen LogP contribution in [0.15, 0.2) is 0 Å². The Morgan fingerprint density at radius 2 is 0.455 bits per heavy atom. The van der Waals surface area contributed by atoms with E-state index >= 15 is 0 Å². The van der Waals surface area contributed by atoms with Gasteiger partial charge in [-0.15, -0.1) is 0 Å². The summed E-state index contributed by atoms with van der Waals surface area (Å²) in [6.45, 7) is 0. The van der Waals surface area contributed by atoms with Crippen molar-refractivity contribution < 1.29 is 94.8 Å². The maximum atomic E-state index is 8.64. The van der Waals surface area contributed by atoms with Gasteiger partial charge in [-0.3, -0.25) is 7.32 Å². The number of hydrogen-bond acceptors (Lipinski definition) is 15. The standard InChI is InChI=1S/3BH3O3.BH2O3.BO3.Mg.Zn/c5*2-1(3)4;;/h3*2-4H;2-3H;;;/q;;;-1;-3;2*+2. The van der Waals surface area contributed by atoms with Gasteiger partial charge in [-0.1, -0.05) is 0 Å². The van der Waals surface area contributed by atoms with Crippen LogP contribution in [0.25, 0.3) is 0 Å². The van der Waals surface area contributed by atoms with Crippen molar-refractivity contribution in [2.75, 3.05) is 0 Å². The first-order valence-electron chi connectivity index (χ1n) is 3.78. The van der Waals surface area contributed by atoms with Crippen molar-refractivity contribution in [3.05, 3.63) is 0 Å². The van der Waals surface area contributed by atoms with E-state index in [0.29, 0.717) is 0 Å². The van der Waals surface area contributed by atoms with Crippen LogP contribution in [-0.2, 0) is 19.5 Å². The summed E-state index contributed by atoms with van der Waals surface area (Å²) in [6, 6.07) is 0. The van der Waals surface area contributed by atoms with Crippen molar-refractivity contribution in [3.63, 3.8) is 0 Å². The SMILES string of the molecule is OB(O)O.OB(O)O.OB(O)O.[Mg+2].[O-]B(O)O.[O-]B([O-])[O-].[Zn+2]. The van der Waals surface area contributed by atoms with Crippen LogP contribution in [0.2, 0.25) is 0 Å². The van der Waals surface area contributed by atoms with Gasteiger partial charge in [0.05, 0.1) is 0 Å². The topological polar surface area (TPSA) is 315 Å². The number of rotatable bonds is 0. The zero-order valence-electron chi connectivity index (χ0n) is 10.9. The molecule has 0 bridgehead atoms. The maximum Gasteiger partial charge on any atom is 2.00 e. The van der Waals surface area contributed by atoms with Gasteiger partial charge >= 0.3 is 71.8 Å². The second kappa shape index (κ2) is 38.0. The first-order valence-corrected chi connectivity index (χ1v) is 3.78. The largest absolute Gasteiger partial charge is 2.00 e. The molecule has 0 atom stereocenters. The molecule has 0 saturated carbocycles. The molecule has 0 spiro atoms. The first-order chi connectivity index (χ1) is 8.66. The molecular weight excluding hydrogens is 384 g/mol. The normalized spacial score (nSPS) is 6.14. The van der Waals surface area contributed by atoms with Gasteiger partial charge in [0.1, 0.15) is 0 Å². The van der Waals surface area contributed by atoms with Crippen LogP contribution in [0.3, 0.4) is 0 Å². The molecule has 0 aliphatic carbocycles. The zero-order valence-corrected chi connectivity index (χ0v) is 15.2. The molecule has 0 aromatic carbocycles. The Balaban J connectivity index is -0.0000000250. The molecule has 0 aliphatic rings. The molecule has 0 radical (unpaired) electrons. The Labute approximate surface area is 154 Å². The minimum absolute atomic E-state index is 0. The van der Waals surface area contributed by atoms with Crippen molar-refractivity contribution in [2.24, 2.45) is 0 Å². The second-order valence-corrected chi connectivity index (χ2v) is 1.65. The Hall–Kier alpha value is 1.11. The van der Waals surface area contributed by atoms with Gasteiger partial charge in [0.2, 0.25) is 0 Å². The summed E-state index contributed by atoms with van der Waals surface area (Å²) in [5.74, 6) is 0. The van der Waals surface area contributed by atoms with E-state index in [4.69, 9.17) is 75.4 Å². The molecule has 0 rings (SSSR count). The molecule has 0 aromatic heterocycles. The van der Waals surface area contributed by atoms with Gasteiger partial charge < -0.3 is 75.4 Å². The van der Waals surface area contributed by atoms with E-state index in [1.807, 2.05) is 0 Å². The summed E-state index contributed by atoms with van der Waals surface area (Å²) in [4.78, 5) is 0. The monoisotopic (exact) mass is 394 g/mol. The third-order valence-corrected chi connectivity index (χ3v) is 0. The molecule has 0 aliphatic heterocycles. The maximum absolute atomic E-state index is 8.64. The Morgan fingerprint density at radius 1 is 0.455 bits per heavy atom. The van der Waals surface area contributed by atoms with E-state index in [1.54, 1.807) is 0 Å². The van der Waals surface area contributed by atoms with E-state index in [2.05, 4.69) is 0 Å². The average molecular weight is 395 g/mol. The molecule has 22 heteroatoms. The van der Waals surface area contributed by atoms with E-state index in [9.17, 15) is 0 Å². The van der Waals surface area contributed by atoms with Crippen molar-refractivity contribution in [2.45, 2.75) is 0 Å². The zero-order chi connectivity index (χ0) is 17.9. The third kappa shape index (κ3) is 6880. The molecule has 11 N–H and O–H groups in total. The summed E-state index contributed by atoms with van der Waals surface area (Å²) in [7, 11) is -11.8. The molecule has 0 saturated heterocycles. The van der Waals surface area contributed by atoms with Gasteiger partial charge in [-0.25, -0.2) is 0 Å². The van der Waals surface area contributed by atoms with Crippen LogP contribution < -0.4 is 20.1 Å². The summed E-state index contributed by atoms with van der Waals surface area (Å²) in [6.07, 6.45) is 0. The van der Waals surface area contributed by atoms with Gasteiger partial charge in [-0.2, -0.15) is 0 Å². The fraction of sp³-hybridized carbons (Fsp3) is 0. The summed E-state index contributed by atoms with van der Waals surface area (Å²) < 4.78 is 0. The quantitative estimate of drug-likeness (QED) is 0.170. The second-order valence-electron chi connectivity index (χ2n) is 1.65. The van der Waals surface area contributed by atoms with Crippen LogP contribution in [-0.4, -0.2) is 115 Å². The Bertz CT molecular complexity index is 86.5. The minimum atomic E-state index is -2.92. The van der Waals surface area contributed by atoms with Crippen LogP contribution in [0.5, 0.6) is 0 Å². The van der Waals surface area contributed by atoms with Crippen LogP contribution in [0.1, 0.15) is 0 Å². The van der Waals surface area contributed by atoms with E-state index in [1.165, 1.54) is 0 Å². The van der Waals surface area contributed by atoms with Gasteiger partial charge in [0.25, 0.3) is 0 Å². The van der Waals surface area contributed by atoms with E-state index in [0.717, 1.165) is 0 Å². The van der Waals surface area contributed by atoms with Gasteiger partial charge in [0.15, 0.2) is 0 Å². The molecule has 22 heavy (non-hydrogen) atoms. The van der Waals surface area contributed by atoms with Gasteiger partial charge in [0, 0.05) is 0 Å². The van der Waals surface area contributed by atoms with Crippen molar-refractivity contribution >= 4 is 59.7 Å². The van der Waals surface area contributed by atoms with Crippen molar-refractivity contribution in [1.82, 2.24) is 0 Å². The van der Waals surface area contributed by atoms with Crippen LogP contribution in [0.4, 0.5) is 0 Å². The molecule has 120 valence electrons. The number of hydrogen-bond donors (Lipinski definition) is 11. The predicted molar refractivity (Wildman–Crippen MR) is 58.9 cm³/mol. The van der Waals surface area contributed by atoms with E-state index in [-0.39, 0.29) is 42.5 Å².